The molecular weight excluding hydrogens is 627 g/mol. The van der Waals surface area contributed by atoms with Crippen molar-refractivity contribution >= 4 is 19.8 Å². The summed E-state index contributed by atoms with van der Waals surface area (Å²) in [6.45, 7) is 5.47. The van der Waals surface area contributed by atoms with Crippen LogP contribution in [-0.4, -0.2) is 42.8 Å². The molecular formula is C39H75O8P. The predicted octanol–water partition coefficient (Wildman–Crippen LogP) is 12.1. The monoisotopic (exact) mass is 703 g/mol. The van der Waals surface area contributed by atoms with Gasteiger partial charge in [0.25, 0.3) is 0 Å². The molecule has 284 valence electrons. The molecule has 2 atom stereocenters. The summed E-state index contributed by atoms with van der Waals surface area (Å²) in [6, 6.07) is 0. The van der Waals surface area contributed by atoms with Crippen LogP contribution in [0.25, 0.3) is 0 Å². The van der Waals surface area contributed by atoms with Gasteiger partial charge >= 0.3 is 19.8 Å². The largest absolute Gasteiger partial charge is 0.472 e. The van der Waals surface area contributed by atoms with Crippen molar-refractivity contribution in [3.05, 3.63) is 12.2 Å². The SMILES string of the molecule is CCCCCCCC/C=C\CCCCCCCC(=O)OC[C@H](COP(=O)(O)OCC)OC(=O)CCCCCCCCCCCCCCC. The Morgan fingerprint density at radius 2 is 0.938 bits per heavy atom. The van der Waals surface area contributed by atoms with Gasteiger partial charge < -0.3 is 14.4 Å². The van der Waals surface area contributed by atoms with Gasteiger partial charge in [0.2, 0.25) is 0 Å². The Hall–Kier alpha value is -1.21. The Morgan fingerprint density at radius 1 is 0.542 bits per heavy atom. The van der Waals surface area contributed by atoms with E-state index in [9.17, 15) is 19.0 Å². The number of phosphoric ester groups is 1. The maximum atomic E-state index is 12.5. The van der Waals surface area contributed by atoms with E-state index in [2.05, 4.69) is 26.0 Å². The molecule has 0 aromatic carbocycles. The van der Waals surface area contributed by atoms with E-state index in [4.69, 9.17) is 18.5 Å². The van der Waals surface area contributed by atoms with Gasteiger partial charge in [-0.25, -0.2) is 4.57 Å². The quantitative estimate of drug-likeness (QED) is 0.0295. The fraction of sp³-hybridized carbons (Fsp3) is 0.897. The molecule has 0 saturated carbocycles. The van der Waals surface area contributed by atoms with Crippen molar-refractivity contribution in [1.82, 2.24) is 0 Å². The highest BCUT2D eigenvalue weighted by Crippen LogP contribution is 2.43. The molecule has 8 nitrogen and oxygen atoms in total. The van der Waals surface area contributed by atoms with Crippen LogP contribution in [0.4, 0.5) is 0 Å². The Labute approximate surface area is 295 Å². The van der Waals surface area contributed by atoms with Crippen LogP contribution in [-0.2, 0) is 32.7 Å². The summed E-state index contributed by atoms with van der Waals surface area (Å²) in [7, 11) is -4.27. The lowest BCUT2D eigenvalue weighted by molar-refractivity contribution is -0.161. The van der Waals surface area contributed by atoms with Crippen molar-refractivity contribution < 1.29 is 37.6 Å². The fourth-order valence-corrected chi connectivity index (χ4v) is 6.38. The van der Waals surface area contributed by atoms with Gasteiger partial charge in [0, 0.05) is 12.8 Å². The fourth-order valence-electron chi connectivity index (χ4n) is 5.62. The van der Waals surface area contributed by atoms with Crippen LogP contribution in [0.2, 0.25) is 0 Å². The van der Waals surface area contributed by atoms with E-state index in [0.717, 1.165) is 51.4 Å². The van der Waals surface area contributed by atoms with E-state index in [1.807, 2.05) is 0 Å². The van der Waals surface area contributed by atoms with Crippen molar-refractivity contribution in [2.24, 2.45) is 0 Å². The first kappa shape index (κ1) is 46.8. The molecule has 0 heterocycles. The number of carbonyl (C=O) groups is 2. The zero-order valence-corrected chi connectivity index (χ0v) is 32.3. The van der Waals surface area contributed by atoms with Gasteiger partial charge in [0.15, 0.2) is 6.10 Å². The number of hydrogen-bond acceptors (Lipinski definition) is 7. The molecule has 0 rings (SSSR count). The van der Waals surface area contributed by atoms with Crippen LogP contribution in [0, 0.1) is 0 Å². The highest BCUT2D eigenvalue weighted by molar-refractivity contribution is 7.47. The molecule has 0 aliphatic heterocycles. The van der Waals surface area contributed by atoms with E-state index in [0.29, 0.717) is 0 Å². The van der Waals surface area contributed by atoms with Gasteiger partial charge in [0.1, 0.15) is 6.61 Å². The predicted molar refractivity (Wildman–Crippen MR) is 198 cm³/mol. The minimum absolute atomic E-state index is 0.00220. The standard InChI is InChI=1S/C39H75O8P/c1-4-7-9-11-13-15-17-19-20-22-23-25-27-29-31-33-38(40)44-35-37(36-46-48(42,43)45-6-3)47-39(41)34-32-30-28-26-24-21-18-16-14-12-10-8-5-2/h19-20,37H,4-18,21-36H2,1-3H3,(H,42,43)/b20-19-/t37-/m1/s1. The first-order valence-corrected chi connectivity index (χ1v) is 21.5. The van der Waals surface area contributed by atoms with Gasteiger partial charge in [-0.05, 0) is 45.4 Å². The Balaban J connectivity index is 4.11. The molecule has 0 aromatic heterocycles. The summed E-state index contributed by atoms with van der Waals surface area (Å²) >= 11 is 0. The molecule has 48 heavy (non-hydrogen) atoms. The normalized spacial score (nSPS) is 13.5. The van der Waals surface area contributed by atoms with Crippen LogP contribution in [0.5, 0.6) is 0 Å². The van der Waals surface area contributed by atoms with E-state index >= 15 is 0 Å². The topological polar surface area (TPSA) is 108 Å². The van der Waals surface area contributed by atoms with E-state index in [1.165, 1.54) is 116 Å². The third-order valence-corrected chi connectivity index (χ3v) is 9.63. The highest BCUT2D eigenvalue weighted by Gasteiger charge is 2.25. The molecule has 0 saturated heterocycles. The molecule has 0 radical (unpaired) electrons. The minimum atomic E-state index is -4.27. The second-order valence-electron chi connectivity index (χ2n) is 13.3. The lowest BCUT2D eigenvalue weighted by Gasteiger charge is -2.19. The molecule has 0 spiro atoms. The number of allylic oxidation sites excluding steroid dienone is 2. The summed E-state index contributed by atoms with van der Waals surface area (Å²) in [4.78, 5) is 34.6. The van der Waals surface area contributed by atoms with Gasteiger partial charge in [0.05, 0.1) is 13.2 Å². The summed E-state index contributed by atoms with van der Waals surface area (Å²) in [5, 5.41) is 0. The van der Waals surface area contributed by atoms with E-state index < -0.39 is 26.5 Å². The number of phosphoric acid groups is 1. The maximum Gasteiger partial charge on any atom is 0.472 e. The Kier molecular flexibility index (Phi) is 34.7. The second kappa shape index (κ2) is 35.6. The molecule has 1 N–H and O–H groups in total. The maximum absolute atomic E-state index is 12.5. The smallest absolute Gasteiger partial charge is 0.462 e. The Morgan fingerprint density at radius 3 is 1.38 bits per heavy atom. The number of carbonyl (C=O) groups excluding carboxylic acids is 2. The zero-order chi connectivity index (χ0) is 35.4. The zero-order valence-electron chi connectivity index (χ0n) is 31.4. The first-order chi connectivity index (χ1) is 23.3. The van der Waals surface area contributed by atoms with Gasteiger partial charge in [-0.15, -0.1) is 0 Å². The lowest BCUT2D eigenvalue weighted by Crippen LogP contribution is -2.29. The van der Waals surface area contributed by atoms with Crippen molar-refractivity contribution in [1.29, 1.82) is 0 Å². The molecule has 0 aromatic rings. The van der Waals surface area contributed by atoms with Crippen molar-refractivity contribution in [3.8, 4) is 0 Å². The van der Waals surface area contributed by atoms with Gasteiger partial charge in [-0.2, -0.15) is 0 Å². The summed E-state index contributed by atoms with van der Waals surface area (Å²) < 4.78 is 32.5. The average Bonchev–Trinajstić information content (AvgIpc) is 3.06. The molecule has 9 heteroatoms. The lowest BCUT2D eigenvalue weighted by atomic mass is 10.0. The summed E-state index contributed by atoms with van der Waals surface area (Å²) in [5.41, 5.74) is 0. The van der Waals surface area contributed by atoms with Crippen LogP contribution in [0.15, 0.2) is 12.2 Å². The summed E-state index contributed by atoms with van der Waals surface area (Å²) in [5.74, 6) is -0.800. The molecule has 0 aliphatic rings. The van der Waals surface area contributed by atoms with E-state index in [-0.39, 0.29) is 32.0 Å². The number of hydrogen-bond donors (Lipinski definition) is 1. The first-order valence-electron chi connectivity index (χ1n) is 20.0. The van der Waals surface area contributed by atoms with Crippen molar-refractivity contribution in [2.75, 3.05) is 19.8 Å². The van der Waals surface area contributed by atoms with Crippen LogP contribution < -0.4 is 0 Å². The number of unbranched alkanes of at least 4 members (excludes halogenated alkanes) is 23. The van der Waals surface area contributed by atoms with Crippen molar-refractivity contribution in [2.45, 2.75) is 207 Å². The third-order valence-electron chi connectivity index (χ3n) is 8.57. The van der Waals surface area contributed by atoms with Gasteiger partial charge in [-0.1, -0.05) is 154 Å². The average molecular weight is 703 g/mol. The Bertz CT molecular complexity index is 803. The number of ether oxygens (including phenoxy) is 2. The van der Waals surface area contributed by atoms with Crippen LogP contribution >= 0.6 is 7.82 Å². The van der Waals surface area contributed by atoms with Gasteiger partial charge in [-0.3, -0.25) is 18.6 Å². The molecule has 0 amide bonds. The van der Waals surface area contributed by atoms with Crippen LogP contribution in [0.3, 0.4) is 0 Å². The minimum Gasteiger partial charge on any atom is -0.462 e. The molecule has 0 bridgehead atoms. The molecule has 1 unspecified atom stereocenters. The highest BCUT2D eigenvalue weighted by atomic mass is 31.2. The summed E-state index contributed by atoms with van der Waals surface area (Å²) in [6.07, 6.45) is 35.4. The molecule has 0 aliphatic carbocycles. The molecule has 0 fully saturated rings. The third kappa shape index (κ3) is 34.6. The number of esters is 2. The number of rotatable bonds is 37. The van der Waals surface area contributed by atoms with Crippen molar-refractivity contribution in [3.63, 3.8) is 0 Å². The van der Waals surface area contributed by atoms with E-state index in [1.54, 1.807) is 6.92 Å². The van der Waals surface area contributed by atoms with Crippen LogP contribution in [0.1, 0.15) is 201 Å². The second-order valence-corrected chi connectivity index (χ2v) is 14.8.